The largest absolute Gasteiger partial charge is 0.462 e. The first kappa shape index (κ1) is 21.5. The van der Waals surface area contributed by atoms with Gasteiger partial charge in [0.1, 0.15) is 0 Å². The maximum atomic E-state index is 12.6. The van der Waals surface area contributed by atoms with Crippen LogP contribution in [0, 0.1) is 6.92 Å². The van der Waals surface area contributed by atoms with E-state index in [0.29, 0.717) is 21.5 Å². The number of nitrogens with one attached hydrogen (secondary N) is 1. The summed E-state index contributed by atoms with van der Waals surface area (Å²) in [5.41, 5.74) is 2.05. The molecule has 2 aromatic carbocycles. The summed E-state index contributed by atoms with van der Waals surface area (Å²) in [6.45, 7) is 3.72. The molecule has 0 atom stereocenters. The van der Waals surface area contributed by atoms with E-state index in [2.05, 4.69) is 9.71 Å². The molecule has 29 heavy (non-hydrogen) atoms. The van der Waals surface area contributed by atoms with E-state index >= 15 is 0 Å². The summed E-state index contributed by atoms with van der Waals surface area (Å²) < 4.78 is 32.7. The van der Waals surface area contributed by atoms with Crippen molar-refractivity contribution >= 4 is 50.1 Å². The Balaban J connectivity index is 1.96. The van der Waals surface area contributed by atoms with Gasteiger partial charge in [0.05, 0.1) is 27.6 Å². The molecule has 9 heteroatoms. The molecule has 1 N–H and O–H groups in total. The van der Waals surface area contributed by atoms with Crippen molar-refractivity contribution in [3.05, 3.63) is 69.3 Å². The second-order valence-electron chi connectivity index (χ2n) is 6.31. The molecule has 0 saturated heterocycles. The topological polar surface area (TPSA) is 85.4 Å². The summed E-state index contributed by atoms with van der Waals surface area (Å²) in [4.78, 5) is 16.5. The van der Waals surface area contributed by atoms with Crippen LogP contribution in [-0.2, 0) is 21.3 Å². The summed E-state index contributed by atoms with van der Waals surface area (Å²) in [7, 11) is -3.72. The molecule has 0 spiro atoms. The predicted octanol–water partition coefficient (Wildman–Crippen LogP) is 4.51. The number of esters is 1. The number of fused-ring (bicyclic) bond motifs is 1. The molecule has 0 aliphatic rings. The van der Waals surface area contributed by atoms with Crippen molar-refractivity contribution in [2.45, 2.75) is 25.3 Å². The number of hydrogen-bond donors (Lipinski definition) is 1. The van der Waals surface area contributed by atoms with Crippen LogP contribution in [0.25, 0.3) is 10.9 Å². The maximum Gasteiger partial charge on any atom is 0.341 e. The van der Waals surface area contributed by atoms with Crippen molar-refractivity contribution in [2.24, 2.45) is 0 Å². The monoisotopic (exact) mass is 452 g/mol. The smallest absolute Gasteiger partial charge is 0.341 e. The van der Waals surface area contributed by atoms with E-state index in [1.54, 1.807) is 31.2 Å². The Hall–Kier alpha value is -2.19. The zero-order valence-electron chi connectivity index (χ0n) is 15.7. The molecule has 3 rings (SSSR count). The minimum Gasteiger partial charge on any atom is -0.462 e. The Kier molecular flexibility index (Phi) is 6.43. The highest BCUT2D eigenvalue weighted by atomic mass is 35.5. The van der Waals surface area contributed by atoms with E-state index in [0.717, 1.165) is 5.56 Å². The third kappa shape index (κ3) is 4.70. The molecular formula is C20H18Cl2N2O4S. The van der Waals surface area contributed by atoms with Crippen molar-refractivity contribution in [2.75, 3.05) is 6.61 Å². The van der Waals surface area contributed by atoms with E-state index in [-0.39, 0.29) is 28.6 Å². The standard InChI is InChI=1S/C20H18Cl2N2O4S/c1-3-28-20(25)17-11-23-19-13(8-14(21)9-16(19)18(17)22)10-24-29(26,27)15-6-4-12(2)5-7-15/h4-9,11,24H,3,10H2,1-2H3. The lowest BCUT2D eigenvalue weighted by atomic mass is 10.1. The number of ether oxygens (including phenoxy) is 1. The average molecular weight is 453 g/mol. The molecule has 0 aliphatic carbocycles. The molecule has 152 valence electrons. The van der Waals surface area contributed by atoms with E-state index in [4.69, 9.17) is 27.9 Å². The molecule has 0 saturated carbocycles. The van der Waals surface area contributed by atoms with Gasteiger partial charge in [-0.05, 0) is 43.7 Å². The first-order valence-corrected chi connectivity index (χ1v) is 11.0. The summed E-state index contributed by atoms with van der Waals surface area (Å²) in [5.74, 6) is -0.589. The van der Waals surface area contributed by atoms with Gasteiger partial charge >= 0.3 is 5.97 Å². The van der Waals surface area contributed by atoms with Crippen molar-refractivity contribution < 1.29 is 17.9 Å². The number of halogens is 2. The maximum absolute atomic E-state index is 12.6. The summed E-state index contributed by atoms with van der Waals surface area (Å²) in [6, 6.07) is 9.70. The van der Waals surface area contributed by atoms with Crippen LogP contribution in [-0.4, -0.2) is 26.0 Å². The van der Waals surface area contributed by atoms with Crippen LogP contribution in [0.2, 0.25) is 10.0 Å². The second kappa shape index (κ2) is 8.67. The number of aryl methyl sites for hydroxylation is 1. The Bertz CT molecular complexity index is 1180. The lowest BCUT2D eigenvalue weighted by Crippen LogP contribution is -2.23. The molecule has 6 nitrogen and oxygen atoms in total. The van der Waals surface area contributed by atoms with Crippen molar-refractivity contribution in [1.29, 1.82) is 0 Å². The van der Waals surface area contributed by atoms with Crippen molar-refractivity contribution in [3.8, 4) is 0 Å². The van der Waals surface area contributed by atoms with Gasteiger partial charge < -0.3 is 4.74 Å². The van der Waals surface area contributed by atoms with E-state index in [1.807, 2.05) is 6.92 Å². The number of sulfonamides is 1. The van der Waals surface area contributed by atoms with Gasteiger partial charge in [-0.1, -0.05) is 40.9 Å². The average Bonchev–Trinajstić information content (AvgIpc) is 2.67. The lowest BCUT2D eigenvalue weighted by molar-refractivity contribution is 0.0526. The SMILES string of the molecule is CCOC(=O)c1cnc2c(CNS(=O)(=O)c3ccc(C)cc3)cc(Cl)cc2c1Cl. The molecule has 0 fully saturated rings. The lowest BCUT2D eigenvalue weighted by Gasteiger charge is -2.12. The Labute approximate surface area is 178 Å². The molecule has 0 aliphatic heterocycles. The fourth-order valence-corrected chi connectivity index (χ4v) is 4.28. The van der Waals surface area contributed by atoms with Crippen LogP contribution < -0.4 is 4.72 Å². The third-order valence-corrected chi connectivity index (χ3v) is 6.27. The van der Waals surface area contributed by atoms with Crippen molar-refractivity contribution in [1.82, 2.24) is 9.71 Å². The molecule has 0 unspecified atom stereocenters. The van der Waals surface area contributed by atoms with E-state index in [9.17, 15) is 13.2 Å². The molecule has 0 radical (unpaired) electrons. The Morgan fingerprint density at radius 3 is 2.52 bits per heavy atom. The highest BCUT2D eigenvalue weighted by Gasteiger charge is 2.19. The van der Waals surface area contributed by atoms with Crippen LogP contribution in [0.4, 0.5) is 0 Å². The van der Waals surface area contributed by atoms with Gasteiger partial charge in [-0.3, -0.25) is 4.98 Å². The number of nitrogens with zero attached hydrogens (tertiary/aromatic N) is 1. The number of benzene rings is 2. The normalized spacial score (nSPS) is 11.6. The van der Waals surface area contributed by atoms with Gasteiger partial charge in [0.2, 0.25) is 10.0 Å². The fraction of sp³-hybridized carbons (Fsp3) is 0.200. The Morgan fingerprint density at radius 2 is 1.86 bits per heavy atom. The second-order valence-corrected chi connectivity index (χ2v) is 8.89. The highest BCUT2D eigenvalue weighted by Crippen LogP contribution is 2.31. The third-order valence-electron chi connectivity index (χ3n) is 4.23. The number of carbonyl (C=O) groups is 1. The quantitative estimate of drug-likeness (QED) is 0.556. The predicted molar refractivity (Wildman–Crippen MR) is 113 cm³/mol. The van der Waals surface area contributed by atoms with Gasteiger partial charge in [0, 0.05) is 23.2 Å². The van der Waals surface area contributed by atoms with Crippen LogP contribution in [0.15, 0.2) is 47.5 Å². The van der Waals surface area contributed by atoms with Crippen LogP contribution in [0.3, 0.4) is 0 Å². The highest BCUT2D eigenvalue weighted by molar-refractivity contribution is 7.89. The van der Waals surface area contributed by atoms with Gasteiger partial charge in [0.15, 0.2) is 0 Å². The molecule has 1 heterocycles. The van der Waals surface area contributed by atoms with Gasteiger partial charge in [-0.15, -0.1) is 0 Å². The Morgan fingerprint density at radius 1 is 1.17 bits per heavy atom. The number of pyridine rings is 1. The van der Waals surface area contributed by atoms with Crippen LogP contribution >= 0.6 is 23.2 Å². The van der Waals surface area contributed by atoms with Crippen LogP contribution in [0.1, 0.15) is 28.4 Å². The molecule has 3 aromatic rings. The van der Waals surface area contributed by atoms with Crippen molar-refractivity contribution in [3.63, 3.8) is 0 Å². The number of carbonyl (C=O) groups excluding carboxylic acids is 1. The summed E-state index contributed by atoms with van der Waals surface area (Å²) >= 11 is 12.6. The summed E-state index contributed by atoms with van der Waals surface area (Å²) in [6.07, 6.45) is 1.31. The first-order valence-electron chi connectivity index (χ1n) is 8.73. The number of hydrogen-bond acceptors (Lipinski definition) is 5. The molecule has 0 amide bonds. The van der Waals surface area contributed by atoms with Gasteiger partial charge in [0.25, 0.3) is 0 Å². The summed E-state index contributed by atoms with van der Waals surface area (Å²) in [5, 5.41) is 0.930. The minimum atomic E-state index is -3.72. The van der Waals surface area contributed by atoms with Gasteiger partial charge in [-0.25, -0.2) is 17.9 Å². The van der Waals surface area contributed by atoms with Gasteiger partial charge in [-0.2, -0.15) is 0 Å². The fourth-order valence-electron chi connectivity index (χ4n) is 2.77. The van der Waals surface area contributed by atoms with E-state index < -0.39 is 16.0 Å². The van der Waals surface area contributed by atoms with Crippen LogP contribution in [0.5, 0.6) is 0 Å². The molecular weight excluding hydrogens is 435 g/mol. The number of rotatable bonds is 6. The zero-order chi connectivity index (χ0) is 21.2. The molecule has 1 aromatic heterocycles. The first-order chi connectivity index (χ1) is 13.7. The zero-order valence-corrected chi connectivity index (χ0v) is 18.0. The minimum absolute atomic E-state index is 0.0463. The number of aromatic nitrogens is 1. The van der Waals surface area contributed by atoms with E-state index in [1.165, 1.54) is 18.3 Å². The molecule has 0 bridgehead atoms.